The van der Waals surface area contributed by atoms with Crippen molar-refractivity contribution >= 4 is 45.1 Å². The van der Waals surface area contributed by atoms with Crippen LogP contribution in [0.2, 0.25) is 5.02 Å². The lowest BCUT2D eigenvalue weighted by Crippen LogP contribution is -2.50. The Hall–Kier alpha value is -1.80. The molecule has 1 aromatic rings. The molecule has 7 nitrogen and oxygen atoms in total. The van der Waals surface area contributed by atoms with Crippen molar-refractivity contribution in [3.05, 3.63) is 27.2 Å². The summed E-state index contributed by atoms with van der Waals surface area (Å²) in [5, 5.41) is 22.1. The Balaban J connectivity index is 1.81. The van der Waals surface area contributed by atoms with Gasteiger partial charge in [0, 0.05) is 24.5 Å². The van der Waals surface area contributed by atoms with Crippen LogP contribution in [0.1, 0.15) is 18.4 Å². The molecule has 2 atom stereocenters. The van der Waals surface area contributed by atoms with Gasteiger partial charge < -0.3 is 20.0 Å². The summed E-state index contributed by atoms with van der Waals surface area (Å²) in [6.45, 7) is 0.180. The molecule has 2 aliphatic heterocycles. The van der Waals surface area contributed by atoms with Crippen molar-refractivity contribution in [3.8, 4) is 5.75 Å². The first kappa shape index (κ1) is 18.0. The van der Waals surface area contributed by atoms with Gasteiger partial charge in [-0.1, -0.05) is 16.8 Å². The maximum Gasteiger partial charge on any atom is 0.407 e. The van der Waals surface area contributed by atoms with Crippen molar-refractivity contribution in [1.82, 2.24) is 4.90 Å². The number of piperidine rings is 1. The fourth-order valence-electron chi connectivity index (χ4n) is 3.23. The summed E-state index contributed by atoms with van der Waals surface area (Å²) in [5.74, 6) is -0.499. The number of ether oxygens (including phenoxy) is 1. The molecule has 2 heterocycles. The normalized spacial score (nSPS) is 24.6. The number of nitrogens with zero attached hydrogens (tertiary/aromatic N) is 2. The molecular weight excluding hydrogens is 416 g/mol. The number of benzene rings is 1. The van der Waals surface area contributed by atoms with E-state index in [4.69, 9.17) is 21.4 Å². The van der Waals surface area contributed by atoms with Crippen molar-refractivity contribution in [2.75, 3.05) is 13.1 Å². The molecular formula is C16H16BrClN2O5. The molecule has 1 aromatic carbocycles. The third kappa shape index (κ3) is 3.59. The van der Waals surface area contributed by atoms with E-state index in [1.54, 1.807) is 12.1 Å². The van der Waals surface area contributed by atoms with Gasteiger partial charge in [0.2, 0.25) is 0 Å². The Bertz CT molecular complexity index is 754. The molecule has 25 heavy (non-hydrogen) atoms. The Morgan fingerprint density at radius 2 is 2.12 bits per heavy atom. The van der Waals surface area contributed by atoms with Crippen LogP contribution in [-0.4, -0.2) is 52.0 Å². The van der Waals surface area contributed by atoms with Gasteiger partial charge in [-0.05, 0) is 46.5 Å². The fourth-order valence-corrected chi connectivity index (χ4v) is 4.20. The molecule has 0 aliphatic carbocycles. The van der Waals surface area contributed by atoms with Gasteiger partial charge in [-0.3, -0.25) is 4.79 Å². The van der Waals surface area contributed by atoms with E-state index < -0.39 is 18.1 Å². The number of carbonyl (C=O) groups excluding carboxylic acids is 1. The van der Waals surface area contributed by atoms with Crippen LogP contribution in [0.5, 0.6) is 5.75 Å². The van der Waals surface area contributed by atoms with Crippen molar-refractivity contribution in [2.45, 2.75) is 25.4 Å². The summed E-state index contributed by atoms with van der Waals surface area (Å²) >= 11 is 9.42. The summed E-state index contributed by atoms with van der Waals surface area (Å²) in [6.07, 6.45) is -0.517. The first-order chi connectivity index (χ1) is 11.9. The zero-order chi connectivity index (χ0) is 18.1. The highest BCUT2D eigenvalue weighted by Crippen LogP contribution is 2.38. The predicted molar refractivity (Wildman–Crippen MR) is 93.8 cm³/mol. The maximum atomic E-state index is 12.9. The molecule has 2 N–H and O–H groups in total. The lowest BCUT2D eigenvalue weighted by molar-refractivity contribution is -0.129. The number of amides is 1. The highest BCUT2D eigenvalue weighted by molar-refractivity contribution is 9.10. The number of aryl methyl sites for hydroxylation is 1. The standard InChI is InChI=1S/C16H16BrClN2O5/c17-11-6-9(18)5-8-1-2-13(25-15(8)11)14(21)10-7-20(16(22)23)4-3-12(10)19-24/h5-6,10,13,24H,1-4,7H2,(H,22,23)/b19-12+. The van der Waals surface area contributed by atoms with Crippen LogP contribution in [0.15, 0.2) is 21.8 Å². The van der Waals surface area contributed by atoms with Crippen LogP contribution in [-0.2, 0) is 11.2 Å². The van der Waals surface area contributed by atoms with Gasteiger partial charge >= 0.3 is 6.09 Å². The average Bonchev–Trinajstić information content (AvgIpc) is 2.60. The van der Waals surface area contributed by atoms with Gasteiger partial charge in [0.15, 0.2) is 11.9 Å². The van der Waals surface area contributed by atoms with E-state index in [1.807, 2.05) is 0 Å². The molecule has 0 spiro atoms. The van der Waals surface area contributed by atoms with E-state index in [0.717, 1.165) is 10.5 Å². The number of halogens is 2. The second-order valence-corrected chi connectivity index (χ2v) is 7.34. The number of carbonyl (C=O) groups is 2. The Labute approximate surface area is 157 Å². The van der Waals surface area contributed by atoms with Gasteiger partial charge in [-0.15, -0.1) is 0 Å². The van der Waals surface area contributed by atoms with Crippen molar-refractivity contribution < 1.29 is 24.6 Å². The molecule has 1 fully saturated rings. The van der Waals surface area contributed by atoms with Gasteiger partial charge in [0.25, 0.3) is 0 Å². The van der Waals surface area contributed by atoms with Gasteiger partial charge in [0.05, 0.1) is 16.1 Å². The minimum atomic E-state index is -1.10. The molecule has 0 saturated carbocycles. The van der Waals surface area contributed by atoms with E-state index in [1.165, 1.54) is 0 Å². The molecule has 0 bridgehead atoms. The van der Waals surface area contributed by atoms with E-state index in [0.29, 0.717) is 33.8 Å². The highest BCUT2D eigenvalue weighted by atomic mass is 79.9. The molecule has 2 unspecified atom stereocenters. The van der Waals surface area contributed by atoms with Crippen LogP contribution < -0.4 is 4.74 Å². The van der Waals surface area contributed by atoms with E-state index >= 15 is 0 Å². The summed E-state index contributed by atoms with van der Waals surface area (Å²) in [6, 6.07) is 3.50. The largest absolute Gasteiger partial charge is 0.481 e. The first-order valence-corrected chi connectivity index (χ1v) is 8.94. The van der Waals surface area contributed by atoms with E-state index in [9.17, 15) is 14.8 Å². The second kappa shape index (κ2) is 7.21. The molecule has 1 saturated heterocycles. The smallest absolute Gasteiger partial charge is 0.407 e. The minimum absolute atomic E-state index is 0.0257. The summed E-state index contributed by atoms with van der Waals surface area (Å²) in [7, 11) is 0. The number of ketones is 1. The van der Waals surface area contributed by atoms with Crippen LogP contribution in [0, 0.1) is 5.92 Å². The van der Waals surface area contributed by atoms with Crippen LogP contribution in [0.3, 0.4) is 0 Å². The lowest BCUT2D eigenvalue weighted by atomic mass is 9.86. The first-order valence-electron chi connectivity index (χ1n) is 7.77. The molecule has 0 aromatic heterocycles. The van der Waals surface area contributed by atoms with Crippen LogP contribution in [0.4, 0.5) is 4.79 Å². The SMILES string of the molecule is O=C(C1CCc2cc(Cl)cc(Br)c2O1)C1CN(C(=O)O)CC/C1=N\O. The second-order valence-electron chi connectivity index (χ2n) is 6.05. The predicted octanol–water partition coefficient (Wildman–Crippen LogP) is 3.20. The molecule has 1 amide bonds. The Morgan fingerprint density at radius 3 is 2.80 bits per heavy atom. The Kier molecular flexibility index (Phi) is 5.19. The molecule has 134 valence electrons. The molecule has 0 radical (unpaired) electrons. The van der Waals surface area contributed by atoms with Crippen molar-refractivity contribution in [2.24, 2.45) is 11.1 Å². The lowest BCUT2D eigenvalue weighted by Gasteiger charge is -2.34. The van der Waals surface area contributed by atoms with Gasteiger partial charge in [-0.25, -0.2) is 4.79 Å². The number of Topliss-reactive ketones (excluding diaryl/α,β-unsaturated/α-hetero) is 1. The topological polar surface area (TPSA) is 99.4 Å². The number of likely N-dealkylation sites (tertiary alicyclic amines) is 1. The third-order valence-electron chi connectivity index (χ3n) is 4.52. The number of hydrogen-bond acceptors (Lipinski definition) is 5. The maximum absolute atomic E-state index is 12.9. The van der Waals surface area contributed by atoms with E-state index in [2.05, 4.69) is 21.1 Å². The zero-order valence-electron chi connectivity index (χ0n) is 13.1. The third-order valence-corrected chi connectivity index (χ3v) is 5.33. The Morgan fingerprint density at radius 1 is 1.36 bits per heavy atom. The molecule has 9 heteroatoms. The molecule has 2 aliphatic rings. The number of oxime groups is 1. The summed E-state index contributed by atoms with van der Waals surface area (Å²) in [5.41, 5.74) is 1.21. The van der Waals surface area contributed by atoms with Gasteiger partial charge in [0.1, 0.15) is 5.75 Å². The highest BCUT2D eigenvalue weighted by Gasteiger charge is 2.39. The number of rotatable bonds is 2. The number of hydrogen-bond donors (Lipinski definition) is 2. The summed E-state index contributed by atoms with van der Waals surface area (Å²) in [4.78, 5) is 25.3. The number of carboxylic acid groups (broad SMARTS) is 1. The quantitative estimate of drug-likeness (QED) is 0.553. The molecule has 3 rings (SSSR count). The van der Waals surface area contributed by atoms with Crippen LogP contribution >= 0.6 is 27.5 Å². The van der Waals surface area contributed by atoms with Crippen molar-refractivity contribution in [1.29, 1.82) is 0 Å². The van der Waals surface area contributed by atoms with E-state index in [-0.39, 0.29) is 25.3 Å². The monoisotopic (exact) mass is 430 g/mol. The van der Waals surface area contributed by atoms with Gasteiger partial charge in [-0.2, -0.15) is 0 Å². The zero-order valence-corrected chi connectivity index (χ0v) is 15.5. The average molecular weight is 432 g/mol. The summed E-state index contributed by atoms with van der Waals surface area (Å²) < 4.78 is 6.53. The number of fused-ring (bicyclic) bond motifs is 1. The van der Waals surface area contributed by atoms with Crippen molar-refractivity contribution in [3.63, 3.8) is 0 Å². The van der Waals surface area contributed by atoms with Crippen LogP contribution in [0.25, 0.3) is 0 Å². The minimum Gasteiger partial charge on any atom is -0.481 e. The fraction of sp³-hybridized carbons (Fsp3) is 0.438.